The van der Waals surface area contributed by atoms with E-state index in [1.165, 1.54) is 32.4 Å². The third kappa shape index (κ3) is 3.39. The molecule has 1 N–H and O–H groups in total. The number of halogens is 3. The molecule has 0 saturated heterocycles. The second-order valence-corrected chi connectivity index (χ2v) is 5.70. The van der Waals surface area contributed by atoms with Crippen molar-refractivity contribution in [1.29, 1.82) is 0 Å². The smallest absolute Gasteiger partial charge is 0.259 e. The van der Waals surface area contributed by atoms with Gasteiger partial charge in [0.25, 0.3) is 5.56 Å². The first-order valence-corrected chi connectivity index (χ1v) is 7.79. The van der Waals surface area contributed by atoms with Gasteiger partial charge in [-0.3, -0.25) is 4.79 Å². The predicted octanol–water partition coefficient (Wildman–Crippen LogP) is 3.96. The molecule has 0 atom stereocenters. The lowest BCUT2D eigenvalue weighted by molar-refractivity contribution is 0.355. The van der Waals surface area contributed by atoms with E-state index in [1.807, 2.05) is 0 Å². The van der Waals surface area contributed by atoms with Gasteiger partial charge in [0.2, 0.25) is 0 Å². The minimum absolute atomic E-state index is 0.0139. The number of rotatable bonds is 4. The Kier molecular flexibility index (Phi) is 4.90. The van der Waals surface area contributed by atoms with E-state index in [9.17, 15) is 13.6 Å². The third-order valence-corrected chi connectivity index (χ3v) is 3.97. The van der Waals surface area contributed by atoms with Gasteiger partial charge in [-0.15, -0.1) is 0 Å². The molecule has 0 aliphatic heterocycles. The Morgan fingerprint density at radius 3 is 2.54 bits per heavy atom. The van der Waals surface area contributed by atoms with Gasteiger partial charge in [-0.2, -0.15) is 0 Å². The van der Waals surface area contributed by atoms with Crippen molar-refractivity contribution in [3.63, 3.8) is 0 Å². The second kappa shape index (κ2) is 7.13. The van der Waals surface area contributed by atoms with Gasteiger partial charge >= 0.3 is 0 Å². The maximum absolute atomic E-state index is 13.8. The van der Waals surface area contributed by atoms with Crippen molar-refractivity contribution < 1.29 is 18.3 Å². The van der Waals surface area contributed by atoms with Crippen molar-refractivity contribution in [3.05, 3.63) is 63.7 Å². The molecule has 26 heavy (non-hydrogen) atoms. The molecule has 0 amide bonds. The number of H-pyrrole nitrogens is 1. The number of benzene rings is 2. The second-order valence-electron chi connectivity index (χ2n) is 5.30. The average molecular weight is 379 g/mol. The predicted molar refractivity (Wildman–Crippen MR) is 95.5 cm³/mol. The number of hydrogen-bond donors (Lipinski definition) is 1. The molecule has 0 radical (unpaired) electrons. The molecule has 0 bridgehead atoms. The zero-order valence-corrected chi connectivity index (χ0v) is 14.5. The molecular formula is C18H13ClF2N2O3. The van der Waals surface area contributed by atoms with Crippen molar-refractivity contribution in [2.24, 2.45) is 0 Å². The van der Waals surface area contributed by atoms with Crippen LogP contribution in [-0.2, 0) is 0 Å². The fraction of sp³-hybridized carbons (Fsp3) is 0.111. The van der Waals surface area contributed by atoms with E-state index in [-0.39, 0.29) is 21.8 Å². The lowest BCUT2D eigenvalue weighted by Crippen LogP contribution is -2.11. The fourth-order valence-electron chi connectivity index (χ4n) is 2.41. The fourth-order valence-corrected chi connectivity index (χ4v) is 2.62. The SMILES string of the molecule is COc1cc2nc(/C(Cl)=C/c3cc(F)ccc3F)[nH]c(=O)c2cc1OC. The molecule has 5 nitrogen and oxygen atoms in total. The average Bonchev–Trinajstić information content (AvgIpc) is 2.63. The molecular weight excluding hydrogens is 366 g/mol. The van der Waals surface area contributed by atoms with E-state index in [2.05, 4.69) is 9.97 Å². The highest BCUT2D eigenvalue weighted by Gasteiger charge is 2.13. The van der Waals surface area contributed by atoms with Crippen LogP contribution in [0.3, 0.4) is 0 Å². The number of methoxy groups -OCH3 is 2. The van der Waals surface area contributed by atoms with Crippen molar-refractivity contribution in [2.75, 3.05) is 14.2 Å². The van der Waals surface area contributed by atoms with Crippen LogP contribution in [0, 0.1) is 11.6 Å². The van der Waals surface area contributed by atoms with Gasteiger partial charge in [-0.25, -0.2) is 13.8 Å². The first-order chi connectivity index (χ1) is 12.4. The lowest BCUT2D eigenvalue weighted by Gasteiger charge is -2.09. The van der Waals surface area contributed by atoms with Gasteiger partial charge in [0.05, 0.1) is 30.2 Å². The van der Waals surface area contributed by atoms with Crippen molar-refractivity contribution in [1.82, 2.24) is 9.97 Å². The number of hydrogen-bond acceptors (Lipinski definition) is 4. The van der Waals surface area contributed by atoms with Crippen LogP contribution < -0.4 is 15.0 Å². The number of aromatic nitrogens is 2. The molecule has 3 aromatic rings. The Morgan fingerprint density at radius 1 is 1.15 bits per heavy atom. The highest BCUT2D eigenvalue weighted by molar-refractivity contribution is 6.50. The molecule has 8 heteroatoms. The van der Waals surface area contributed by atoms with E-state index >= 15 is 0 Å². The Balaban J connectivity index is 2.14. The van der Waals surface area contributed by atoms with Gasteiger partial charge < -0.3 is 14.5 Å². The van der Waals surface area contributed by atoms with E-state index < -0.39 is 17.2 Å². The molecule has 3 rings (SSSR count). The molecule has 1 aromatic heterocycles. The first-order valence-electron chi connectivity index (χ1n) is 7.41. The first kappa shape index (κ1) is 17.9. The van der Waals surface area contributed by atoms with Crippen LogP contribution in [0.5, 0.6) is 11.5 Å². The largest absolute Gasteiger partial charge is 0.493 e. The van der Waals surface area contributed by atoms with Crippen LogP contribution in [0.25, 0.3) is 22.0 Å². The molecule has 2 aromatic carbocycles. The van der Waals surface area contributed by atoms with Crippen LogP contribution in [0.2, 0.25) is 0 Å². The number of ether oxygens (including phenoxy) is 2. The van der Waals surface area contributed by atoms with E-state index in [0.29, 0.717) is 17.0 Å². The maximum atomic E-state index is 13.8. The Labute approximate surface area is 151 Å². The van der Waals surface area contributed by atoms with Crippen LogP contribution >= 0.6 is 11.6 Å². The minimum atomic E-state index is -0.654. The summed E-state index contributed by atoms with van der Waals surface area (Å²) < 4.78 is 37.4. The summed E-state index contributed by atoms with van der Waals surface area (Å²) in [5, 5.41) is 0.219. The third-order valence-electron chi connectivity index (χ3n) is 3.68. The number of fused-ring (bicyclic) bond motifs is 1. The van der Waals surface area contributed by atoms with Crippen LogP contribution in [0.15, 0.2) is 35.1 Å². The molecule has 0 fully saturated rings. The molecule has 0 spiro atoms. The highest BCUT2D eigenvalue weighted by Crippen LogP contribution is 2.30. The van der Waals surface area contributed by atoms with Crippen molar-refractivity contribution in [2.45, 2.75) is 0 Å². The zero-order valence-electron chi connectivity index (χ0n) is 13.8. The number of nitrogens with one attached hydrogen (secondary N) is 1. The lowest BCUT2D eigenvalue weighted by atomic mass is 10.2. The number of aromatic amines is 1. The molecule has 134 valence electrons. The summed E-state index contributed by atoms with van der Waals surface area (Å²) in [5.74, 6) is -0.484. The van der Waals surface area contributed by atoms with Gasteiger partial charge in [0.1, 0.15) is 11.6 Å². The van der Waals surface area contributed by atoms with Gasteiger partial charge in [-0.1, -0.05) is 11.6 Å². The molecule has 1 heterocycles. The van der Waals surface area contributed by atoms with Gasteiger partial charge in [0.15, 0.2) is 17.3 Å². The van der Waals surface area contributed by atoms with E-state index in [0.717, 1.165) is 18.2 Å². The normalized spacial score (nSPS) is 11.7. The summed E-state index contributed by atoms with van der Waals surface area (Å²) in [6.07, 6.45) is 1.19. The Morgan fingerprint density at radius 2 is 1.85 bits per heavy atom. The maximum Gasteiger partial charge on any atom is 0.259 e. The summed E-state index contributed by atoms with van der Waals surface area (Å²) in [6.45, 7) is 0. The summed E-state index contributed by atoms with van der Waals surface area (Å²) in [5.41, 5.74) is -0.213. The molecule has 0 unspecified atom stereocenters. The van der Waals surface area contributed by atoms with Crippen molar-refractivity contribution in [3.8, 4) is 11.5 Å². The quantitative estimate of drug-likeness (QED) is 0.746. The molecule has 0 saturated carbocycles. The van der Waals surface area contributed by atoms with Crippen LogP contribution in [0.4, 0.5) is 8.78 Å². The van der Waals surface area contributed by atoms with E-state index in [4.69, 9.17) is 21.1 Å². The highest BCUT2D eigenvalue weighted by atomic mass is 35.5. The van der Waals surface area contributed by atoms with Gasteiger partial charge in [0, 0.05) is 11.6 Å². The Hall–Kier alpha value is -2.93. The van der Waals surface area contributed by atoms with Gasteiger partial charge in [-0.05, 0) is 30.3 Å². The Bertz CT molecular complexity index is 1080. The van der Waals surface area contributed by atoms with Crippen LogP contribution in [0.1, 0.15) is 11.4 Å². The van der Waals surface area contributed by atoms with E-state index in [1.54, 1.807) is 0 Å². The summed E-state index contributed by atoms with van der Waals surface area (Å²) in [6, 6.07) is 5.99. The minimum Gasteiger partial charge on any atom is -0.493 e. The summed E-state index contributed by atoms with van der Waals surface area (Å²) in [4.78, 5) is 19.1. The monoisotopic (exact) mass is 378 g/mol. The number of nitrogens with zero attached hydrogens (tertiary/aromatic N) is 1. The van der Waals surface area contributed by atoms with Crippen LogP contribution in [-0.4, -0.2) is 24.2 Å². The standard InChI is InChI=1S/C18H13ClF2N2O3/c1-25-15-7-11-14(8-16(15)26-2)22-17(23-18(11)24)12(19)6-9-5-10(20)3-4-13(9)21/h3-8H,1-2H3,(H,22,23,24)/b12-6-. The molecule has 0 aliphatic rings. The summed E-state index contributed by atoms with van der Waals surface area (Å²) >= 11 is 6.15. The summed E-state index contributed by atoms with van der Waals surface area (Å²) in [7, 11) is 2.91. The topological polar surface area (TPSA) is 64.2 Å². The van der Waals surface area contributed by atoms with Crippen molar-refractivity contribution >= 4 is 33.6 Å². The molecule has 0 aliphatic carbocycles. The zero-order chi connectivity index (χ0) is 18.8.